The van der Waals surface area contributed by atoms with E-state index in [2.05, 4.69) is 9.72 Å². The number of hydrogen-bond acceptors (Lipinski definition) is 4. The van der Waals surface area contributed by atoms with Crippen LogP contribution in [-0.4, -0.2) is 11.3 Å². The number of alkyl halides is 3. The predicted octanol–water partition coefficient (Wildman–Crippen LogP) is 4.68. The van der Waals surface area contributed by atoms with Crippen molar-refractivity contribution in [3.05, 3.63) is 78.0 Å². The van der Waals surface area contributed by atoms with Crippen molar-refractivity contribution < 1.29 is 22.6 Å². The maximum atomic E-state index is 12.5. The molecule has 2 N–H and O–H groups in total. The van der Waals surface area contributed by atoms with E-state index in [1.807, 2.05) is 30.3 Å². The molecule has 1 aromatic heterocycles. The lowest BCUT2D eigenvalue weighted by atomic mass is 10.0. The van der Waals surface area contributed by atoms with Crippen molar-refractivity contribution in [1.29, 1.82) is 0 Å². The molecule has 3 rings (SSSR count). The predicted molar refractivity (Wildman–Crippen MR) is 95.0 cm³/mol. The van der Waals surface area contributed by atoms with Crippen molar-refractivity contribution in [1.82, 2.24) is 4.98 Å². The van der Waals surface area contributed by atoms with Gasteiger partial charge in [-0.25, -0.2) is 4.98 Å². The van der Waals surface area contributed by atoms with Crippen LogP contribution in [-0.2, 0) is 13.2 Å². The number of rotatable bonds is 6. The second-order valence-corrected chi connectivity index (χ2v) is 5.73. The Hall–Kier alpha value is -3.06. The minimum atomic E-state index is -4.76. The summed E-state index contributed by atoms with van der Waals surface area (Å²) in [6.45, 7) is 0.546. The molecule has 0 saturated carbocycles. The minimum Gasteiger partial charge on any atom is -0.473 e. The zero-order valence-corrected chi connectivity index (χ0v) is 14.2. The highest BCUT2D eigenvalue weighted by Crippen LogP contribution is 2.31. The molecule has 0 bridgehead atoms. The van der Waals surface area contributed by atoms with Crippen molar-refractivity contribution in [2.75, 3.05) is 0 Å². The minimum absolute atomic E-state index is 0.174. The van der Waals surface area contributed by atoms with Crippen molar-refractivity contribution >= 4 is 0 Å². The van der Waals surface area contributed by atoms with E-state index in [0.717, 1.165) is 5.56 Å². The van der Waals surface area contributed by atoms with Gasteiger partial charge in [-0.1, -0.05) is 36.4 Å². The lowest BCUT2D eigenvalue weighted by Crippen LogP contribution is -2.17. The van der Waals surface area contributed by atoms with Crippen LogP contribution in [0.4, 0.5) is 13.2 Å². The van der Waals surface area contributed by atoms with Gasteiger partial charge in [0.15, 0.2) is 0 Å². The van der Waals surface area contributed by atoms with E-state index in [1.54, 1.807) is 12.1 Å². The highest BCUT2D eigenvalue weighted by Gasteiger charge is 2.31. The number of pyridine rings is 1. The number of halogens is 3. The van der Waals surface area contributed by atoms with Gasteiger partial charge in [0, 0.05) is 24.4 Å². The molecule has 0 atom stereocenters. The quantitative estimate of drug-likeness (QED) is 0.680. The van der Waals surface area contributed by atoms with Crippen LogP contribution in [0, 0.1) is 0 Å². The Labute approximate surface area is 154 Å². The van der Waals surface area contributed by atoms with Crippen LogP contribution >= 0.6 is 0 Å². The molecule has 0 saturated heterocycles. The molecule has 3 aromatic rings. The van der Waals surface area contributed by atoms with Gasteiger partial charge < -0.3 is 15.2 Å². The van der Waals surface area contributed by atoms with Crippen molar-refractivity contribution in [2.45, 2.75) is 19.5 Å². The number of benzene rings is 2. The normalized spacial score (nSPS) is 11.3. The summed E-state index contributed by atoms with van der Waals surface area (Å²) in [5, 5.41) is 0. The molecule has 0 fully saturated rings. The van der Waals surface area contributed by atoms with Crippen molar-refractivity contribution in [3.8, 4) is 22.8 Å². The van der Waals surface area contributed by atoms with Crippen LogP contribution in [0.25, 0.3) is 11.1 Å². The van der Waals surface area contributed by atoms with E-state index in [-0.39, 0.29) is 12.3 Å². The van der Waals surface area contributed by atoms with E-state index in [9.17, 15) is 13.2 Å². The maximum Gasteiger partial charge on any atom is 0.573 e. The number of ether oxygens (including phenoxy) is 2. The summed E-state index contributed by atoms with van der Waals surface area (Å²) in [6, 6.07) is 17.1. The largest absolute Gasteiger partial charge is 0.573 e. The summed E-state index contributed by atoms with van der Waals surface area (Å²) in [5.74, 6) is 0.110. The first kappa shape index (κ1) is 18.7. The van der Waals surface area contributed by atoms with Gasteiger partial charge in [-0.2, -0.15) is 0 Å². The summed E-state index contributed by atoms with van der Waals surface area (Å²) in [4.78, 5) is 4.22. The Balaban J connectivity index is 1.78. The molecular formula is C20H17F3N2O2. The summed E-state index contributed by atoms with van der Waals surface area (Å²) in [7, 11) is 0. The summed E-state index contributed by atoms with van der Waals surface area (Å²) in [5.41, 5.74) is 8.54. The average Bonchev–Trinajstić information content (AvgIpc) is 2.66. The molecule has 0 radical (unpaired) electrons. The van der Waals surface area contributed by atoms with Gasteiger partial charge in [-0.3, -0.25) is 0 Å². The molecule has 0 amide bonds. The second kappa shape index (κ2) is 8.09. The van der Waals surface area contributed by atoms with Crippen LogP contribution in [0.3, 0.4) is 0 Å². The van der Waals surface area contributed by atoms with Gasteiger partial charge in [0.25, 0.3) is 0 Å². The van der Waals surface area contributed by atoms with Gasteiger partial charge in [0.1, 0.15) is 12.4 Å². The molecule has 0 spiro atoms. The fourth-order valence-corrected chi connectivity index (χ4v) is 2.56. The highest BCUT2D eigenvalue weighted by atomic mass is 19.4. The first-order valence-electron chi connectivity index (χ1n) is 8.16. The Morgan fingerprint density at radius 2 is 1.74 bits per heavy atom. The number of hydrogen-bond donors (Lipinski definition) is 1. The lowest BCUT2D eigenvalue weighted by Gasteiger charge is -2.13. The third kappa shape index (κ3) is 5.21. The van der Waals surface area contributed by atoms with E-state index in [1.165, 1.54) is 24.4 Å². The molecule has 2 aromatic carbocycles. The Bertz CT molecular complexity index is 882. The van der Waals surface area contributed by atoms with Crippen LogP contribution in [0.15, 0.2) is 66.9 Å². The molecule has 4 nitrogen and oxygen atoms in total. The molecule has 0 unspecified atom stereocenters. The molecule has 140 valence electrons. The van der Waals surface area contributed by atoms with Crippen molar-refractivity contribution in [3.63, 3.8) is 0 Å². The fourth-order valence-electron chi connectivity index (χ4n) is 2.56. The molecule has 0 aliphatic rings. The molecule has 0 aliphatic carbocycles. The average molecular weight is 374 g/mol. The lowest BCUT2D eigenvalue weighted by molar-refractivity contribution is -0.274. The SMILES string of the molecule is NCc1ccc(OC(F)(F)F)cc1-c1ccc(OCc2ccccc2)nc1. The Morgan fingerprint density at radius 3 is 2.37 bits per heavy atom. The monoisotopic (exact) mass is 374 g/mol. The molecule has 7 heteroatoms. The van der Waals surface area contributed by atoms with Gasteiger partial charge >= 0.3 is 6.36 Å². The zero-order valence-electron chi connectivity index (χ0n) is 14.2. The van der Waals surface area contributed by atoms with Crippen LogP contribution in [0.5, 0.6) is 11.6 Å². The van der Waals surface area contributed by atoms with Crippen LogP contribution in [0.2, 0.25) is 0 Å². The Morgan fingerprint density at radius 1 is 0.963 bits per heavy atom. The molecule has 27 heavy (non-hydrogen) atoms. The molecule has 0 aliphatic heterocycles. The molecular weight excluding hydrogens is 357 g/mol. The van der Waals surface area contributed by atoms with E-state index in [4.69, 9.17) is 10.5 Å². The second-order valence-electron chi connectivity index (χ2n) is 5.73. The number of nitrogens with two attached hydrogens (primary N) is 1. The van der Waals surface area contributed by atoms with Crippen LogP contribution < -0.4 is 15.2 Å². The highest BCUT2D eigenvalue weighted by molar-refractivity contribution is 5.68. The number of nitrogens with zero attached hydrogens (tertiary/aromatic N) is 1. The van der Waals surface area contributed by atoms with Crippen LogP contribution in [0.1, 0.15) is 11.1 Å². The third-order valence-electron chi connectivity index (χ3n) is 3.81. The molecule has 1 heterocycles. The summed E-state index contributed by atoms with van der Waals surface area (Å²) in [6.07, 6.45) is -3.22. The van der Waals surface area contributed by atoms with Gasteiger partial charge in [0.2, 0.25) is 5.88 Å². The smallest absolute Gasteiger partial charge is 0.473 e. The topological polar surface area (TPSA) is 57.4 Å². The third-order valence-corrected chi connectivity index (χ3v) is 3.81. The standard InChI is InChI=1S/C20H17F3N2O2/c21-20(22,23)27-17-8-6-15(11-24)18(10-17)16-7-9-19(25-12-16)26-13-14-4-2-1-3-5-14/h1-10,12H,11,13,24H2. The van der Waals surface area contributed by atoms with Gasteiger partial charge in [0.05, 0.1) is 0 Å². The Kier molecular flexibility index (Phi) is 5.61. The van der Waals surface area contributed by atoms with Gasteiger partial charge in [-0.15, -0.1) is 13.2 Å². The fraction of sp³-hybridized carbons (Fsp3) is 0.150. The summed E-state index contributed by atoms with van der Waals surface area (Å²) < 4.78 is 47.0. The first-order chi connectivity index (χ1) is 12.9. The van der Waals surface area contributed by atoms with E-state index < -0.39 is 6.36 Å². The van der Waals surface area contributed by atoms with Gasteiger partial charge in [-0.05, 0) is 34.9 Å². The maximum absolute atomic E-state index is 12.5. The van der Waals surface area contributed by atoms with Crippen molar-refractivity contribution in [2.24, 2.45) is 5.73 Å². The number of aromatic nitrogens is 1. The summed E-state index contributed by atoms with van der Waals surface area (Å²) >= 11 is 0. The zero-order chi connectivity index (χ0) is 19.3. The van der Waals surface area contributed by atoms with E-state index in [0.29, 0.717) is 29.2 Å². The van der Waals surface area contributed by atoms with E-state index >= 15 is 0 Å². The first-order valence-corrected chi connectivity index (χ1v) is 8.16.